The van der Waals surface area contributed by atoms with Crippen LogP contribution in [0.4, 0.5) is 4.79 Å². The summed E-state index contributed by atoms with van der Waals surface area (Å²) < 4.78 is 5.25. The molecule has 0 aromatic rings. The van der Waals surface area contributed by atoms with E-state index in [-0.39, 0.29) is 16.2 Å². The zero-order chi connectivity index (χ0) is 17.5. The smallest absolute Gasteiger partial charge is 0.411 e. The maximum absolute atomic E-state index is 12.7. The summed E-state index contributed by atoms with van der Waals surface area (Å²) in [5.41, 5.74) is -0.845. The number of carbonyl (C=O) groups excluding carboxylic acids is 1. The molecule has 1 saturated heterocycles. The Morgan fingerprint density at radius 2 is 1.77 bits per heavy atom. The molecule has 1 unspecified atom stereocenters. The van der Waals surface area contributed by atoms with Gasteiger partial charge in [0.2, 0.25) is 0 Å². The molecule has 1 rings (SSSR count). The van der Waals surface area contributed by atoms with E-state index < -0.39 is 23.7 Å². The predicted molar refractivity (Wildman–Crippen MR) is 89.3 cm³/mol. The summed E-state index contributed by atoms with van der Waals surface area (Å²) in [6.07, 6.45) is -0.559. The molecule has 0 saturated carbocycles. The van der Waals surface area contributed by atoms with E-state index >= 15 is 0 Å². The summed E-state index contributed by atoms with van der Waals surface area (Å²) in [5, 5.41) is 9.44. The molecule has 0 aromatic heterocycles. The second-order valence-electron chi connectivity index (χ2n) is 8.19. The van der Waals surface area contributed by atoms with Gasteiger partial charge in [0.15, 0.2) is 0 Å². The van der Waals surface area contributed by atoms with E-state index in [4.69, 9.17) is 4.74 Å². The summed E-state index contributed by atoms with van der Waals surface area (Å²) in [6.45, 7) is 15.2. The number of carbonyl (C=O) groups is 2. The molecular weight excluding hydrogens is 302 g/mol. The topological polar surface area (TPSA) is 66.8 Å². The average molecular weight is 331 g/mol. The number of nitrogens with zero attached hydrogens (tertiary/aromatic N) is 1. The third-order valence-electron chi connectivity index (χ3n) is 3.87. The van der Waals surface area contributed by atoms with Crippen LogP contribution < -0.4 is 0 Å². The molecule has 2 atom stereocenters. The number of carboxylic acid groups (broad SMARTS) is 1. The number of carboxylic acids is 1. The van der Waals surface area contributed by atoms with Crippen LogP contribution in [0.15, 0.2) is 0 Å². The Labute approximate surface area is 137 Å². The van der Waals surface area contributed by atoms with Crippen LogP contribution in [0.1, 0.15) is 55.4 Å². The Bertz CT molecular complexity index is 438. The van der Waals surface area contributed by atoms with Gasteiger partial charge in [0, 0.05) is 10.5 Å². The maximum Gasteiger partial charge on any atom is 0.411 e. The van der Waals surface area contributed by atoms with E-state index in [0.29, 0.717) is 0 Å². The average Bonchev–Trinajstić information content (AvgIpc) is 2.49. The molecule has 1 fully saturated rings. The van der Waals surface area contributed by atoms with Crippen LogP contribution in [0.2, 0.25) is 0 Å². The minimum atomic E-state index is -1.02. The molecule has 128 valence electrons. The van der Waals surface area contributed by atoms with Gasteiger partial charge in [0.1, 0.15) is 11.6 Å². The van der Waals surface area contributed by atoms with Gasteiger partial charge in [-0.1, -0.05) is 13.8 Å². The lowest BCUT2D eigenvalue weighted by Gasteiger charge is -2.44. The van der Waals surface area contributed by atoms with Crippen LogP contribution in [0.25, 0.3) is 0 Å². The summed E-state index contributed by atoms with van der Waals surface area (Å²) in [7, 11) is 0. The minimum Gasteiger partial charge on any atom is -0.480 e. The second-order valence-corrected chi connectivity index (χ2v) is 9.81. The molecule has 1 amide bonds. The highest BCUT2D eigenvalue weighted by atomic mass is 32.2. The van der Waals surface area contributed by atoms with Crippen LogP contribution in [-0.2, 0) is 9.53 Å². The van der Waals surface area contributed by atoms with Gasteiger partial charge in [-0.15, -0.1) is 0 Å². The molecule has 1 aliphatic rings. The molecule has 1 N–H and O–H groups in total. The van der Waals surface area contributed by atoms with Crippen molar-refractivity contribution in [2.45, 2.75) is 77.8 Å². The molecule has 5 nitrogen and oxygen atoms in total. The molecule has 0 aliphatic carbocycles. The Hall–Kier alpha value is -0.910. The fraction of sp³-hybridized carbons (Fsp3) is 0.875. The summed E-state index contributed by atoms with van der Waals surface area (Å²) in [5.74, 6) is -0.148. The molecule has 0 radical (unpaired) electrons. The van der Waals surface area contributed by atoms with Crippen LogP contribution >= 0.6 is 11.8 Å². The first-order chi connectivity index (χ1) is 9.69. The van der Waals surface area contributed by atoms with Crippen LogP contribution in [0.5, 0.6) is 0 Å². The standard InChI is InChI=1S/C16H29NO4S/c1-10(11(18)19)17(13(20)21-14(2,3)4)12-15(5,6)9-22-16(12,7)8/h10,12H,9H2,1-8H3,(H,18,19)/t10-,12?/m1/s1. The lowest BCUT2D eigenvalue weighted by molar-refractivity contribution is -0.144. The number of hydrogen-bond acceptors (Lipinski definition) is 4. The van der Waals surface area contributed by atoms with Crippen molar-refractivity contribution in [2.75, 3.05) is 5.75 Å². The van der Waals surface area contributed by atoms with E-state index in [1.807, 2.05) is 0 Å². The van der Waals surface area contributed by atoms with Gasteiger partial charge in [0.25, 0.3) is 0 Å². The van der Waals surface area contributed by atoms with Crippen LogP contribution in [0, 0.1) is 5.41 Å². The Morgan fingerprint density at radius 3 is 2.09 bits per heavy atom. The third-order valence-corrected chi connectivity index (χ3v) is 5.73. The highest BCUT2D eigenvalue weighted by Gasteiger charge is 2.54. The number of aliphatic carboxylic acids is 1. The SMILES string of the molecule is C[C@H](C(=O)O)N(C(=O)OC(C)(C)C)C1C(C)(C)CSC1(C)C. The first kappa shape index (κ1) is 19.1. The van der Waals surface area contributed by atoms with E-state index in [1.54, 1.807) is 39.5 Å². The van der Waals surface area contributed by atoms with Crippen LogP contribution in [-0.4, -0.2) is 50.3 Å². The van der Waals surface area contributed by atoms with E-state index in [2.05, 4.69) is 27.7 Å². The van der Waals surface area contributed by atoms with Crippen molar-refractivity contribution < 1.29 is 19.4 Å². The molecule has 1 heterocycles. The van der Waals surface area contributed by atoms with Gasteiger partial charge in [-0.25, -0.2) is 9.59 Å². The molecule has 22 heavy (non-hydrogen) atoms. The lowest BCUT2D eigenvalue weighted by atomic mass is 9.78. The normalized spacial score (nSPS) is 24.6. The summed E-state index contributed by atoms with van der Waals surface area (Å²) >= 11 is 1.77. The van der Waals surface area contributed by atoms with E-state index in [0.717, 1.165) is 5.75 Å². The number of thioether (sulfide) groups is 1. The zero-order valence-corrected chi connectivity index (χ0v) is 15.7. The van der Waals surface area contributed by atoms with Crippen molar-refractivity contribution in [1.82, 2.24) is 4.90 Å². The summed E-state index contributed by atoms with van der Waals surface area (Å²) in [4.78, 5) is 25.7. The number of rotatable bonds is 3. The Morgan fingerprint density at radius 1 is 1.27 bits per heavy atom. The lowest BCUT2D eigenvalue weighted by Crippen LogP contribution is -2.60. The molecule has 0 spiro atoms. The van der Waals surface area contributed by atoms with Gasteiger partial charge < -0.3 is 9.84 Å². The zero-order valence-electron chi connectivity index (χ0n) is 14.9. The number of hydrogen-bond donors (Lipinski definition) is 1. The van der Waals surface area contributed by atoms with Crippen molar-refractivity contribution in [3.63, 3.8) is 0 Å². The summed E-state index contributed by atoms with van der Waals surface area (Å²) in [6, 6.07) is -1.15. The molecule has 0 aromatic carbocycles. The maximum atomic E-state index is 12.7. The van der Waals surface area contributed by atoms with E-state index in [9.17, 15) is 14.7 Å². The predicted octanol–water partition coefficient (Wildman–Crippen LogP) is 3.62. The van der Waals surface area contributed by atoms with Gasteiger partial charge in [-0.05, 0) is 47.0 Å². The third kappa shape index (κ3) is 4.09. The van der Waals surface area contributed by atoms with Crippen molar-refractivity contribution in [2.24, 2.45) is 5.41 Å². The van der Waals surface area contributed by atoms with Crippen molar-refractivity contribution >= 4 is 23.8 Å². The monoisotopic (exact) mass is 331 g/mol. The number of amides is 1. The van der Waals surface area contributed by atoms with E-state index in [1.165, 1.54) is 4.90 Å². The first-order valence-corrected chi connectivity index (χ1v) is 8.56. The molecule has 0 bridgehead atoms. The molecular formula is C16H29NO4S. The fourth-order valence-corrected chi connectivity index (χ4v) is 4.60. The van der Waals surface area contributed by atoms with Crippen molar-refractivity contribution in [3.8, 4) is 0 Å². The van der Waals surface area contributed by atoms with Crippen LogP contribution in [0.3, 0.4) is 0 Å². The highest BCUT2D eigenvalue weighted by Crippen LogP contribution is 2.51. The minimum absolute atomic E-state index is 0.186. The number of ether oxygens (including phenoxy) is 1. The molecule has 1 aliphatic heterocycles. The van der Waals surface area contributed by atoms with Gasteiger partial charge in [0.05, 0.1) is 6.04 Å². The molecule has 6 heteroatoms. The first-order valence-electron chi connectivity index (χ1n) is 7.57. The fourth-order valence-electron chi connectivity index (χ4n) is 3.10. The highest BCUT2D eigenvalue weighted by molar-refractivity contribution is 8.01. The van der Waals surface area contributed by atoms with Gasteiger partial charge in [-0.2, -0.15) is 11.8 Å². The van der Waals surface area contributed by atoms with Gasteiger partial charge in [-0.3, -0.25) is 4.90 Å². The quantitative estimate of drug-likeness (QED) is 0.855. The van der Waals surface area contributed by atoms with Gasteiger partial charge >= 0.3 is 12.1 Å². The van der Waals surface area contributed by atoms with Crippen molar-refractivity contribution in [1.29, 1.82) is 0 Å². The largest absolute Gasteiger partial charge is 0.480 e. The second kappa shape index (κ2) is 5.95. The van der Waals surface area contributed by atoms with Crippen molar-refractivity contribution in [3.05, 3.63) is 0 Å². The Balaban J connectivity index is 3.26. The Kier molecular flexibility index (Phi) is 5.17.